The van der Waals surface area contributed by atoms with E-state index in [1.807, 2.05) is 0 Å². The number of nitrogens with one attached hydrogen (secondary N) is 1. The van der Waals surface area contributed by atoms with Gasteiger partial charge in [0.05, 0.1) is 11.5 Å². The molecular formula is C13H19ClN2O4S2. The van der Waals surface area contributed by atoms with E-state index >= 15 is 0 Å². The van der Waals surface area contributed by atoms with Gasteiger partial charge in [0, 0.05) is 24.7 Å². The van der Waals surface area contributed by atoms with Gasteiger partial charge in [-0.25, -0.2) is 25.9 Å². The fraction of sp³-hybridized carbons (Fsp3) is 0.538. The molecule has 124 valence electrons. The molecule has 1 aliphatic rings. The van der Waals surface area contributed by atoms with Crippen molar-refractivity contribution in [3.63, 3.8) is 0 Å². The van der Waals surface area contributed by atoms with Crippen molar-refractivity contribution in [3.8, 4) is 0 Å². The maximum absolute atomic E-state index is 12.0. The Labute approximate surface area is 136 Å². The average molecular weight is 367 g/mol. The minimum absolute atomic E-state index is 0.116. The molecule has 0 amide bonds. The fourth-order valence-corrected chi connectivity index (χ4v) is 5.11. The van der Waals surface area contributed by atoms with E-state index < -0.39 is 20.0 Å². The maximum Gasteiger partial charge on any atom is 0.215 e. The molecule has 1 aromatic rings. The predicted molar refractivity (Wildman–Crippen MR) is 86.7 cm³/mol. The molecule has 0 spiro atoms. The number of halogens is 1. The molecule has 0 aromatic heterocycles. The highest BCUT2D eigenvalue weighted by molar-refractivity contribution is 7.89. The van der Waals surface area contributed by atoms with Crippen molar-refractivity contribution in [2.24, 2.45) is 0 Å². The Morgan fingerprint density at radius 1 is 1.05 bits per heavy atom. The lowest BCUT2D eigenvalue weighted by molar-refractivity contribution is 0.477. The lowest BCUT2D eigenvalue weighted by atomic mass is 10.2. The number of rotatable bonds is 7. The number of hydrogen-bond acceptors (Lipinski definition) is 4. The first-order chi connectivity index (χ1) is 10.3. The van der Waals surface area contributed by atoms with E-state index in [2.05, 4.69) is 4.72 Å². The second-order valence-electron chi connectivity index (χ2n) is 5.20. The van der Waals surface area contributed by atoms with E-state index in [1.165, 1.54) is 4.31 Å². The first kappa shape index (κ1) is 17.7. The van der Waals surface area contributed by atoms with E-state index in [0.29, 0.717) is 23.7 Å². The molecule has 2 rings (SSSR count). The van der Waals surface area contributed by atoms with Crippen LogP contribution >= 0.6 is 11.6 Å². The normalized spacial score (nSPS) is 17.0. The minimum atomic E-state index is -3.57. The zero-order valence-corrected chi connectivity index (χ0v) is 14.4. The van der Waals surface area contributed by atoms with Crippen LogP contribution in [0, 0.1) is 0 Å². The molecule has 0 bridgehead atoms. The molecule has 1 N–H and O–H groups in total. The van der Waals surface area contributed by atoms with Gasteiger partial charge in [-0.3, -0.25) is 0 Å². The van der Waals surface area contributed by atoms with Crippen LogP contribution in [0.2, 0.25) is 5.02 Å². The third-order valence-electron chi connectivity index (χ3n) is 3.41. The summed E-state index contributed by atoms with van der Waals surface area (Å²) in [5.41, 5.74) is 0.597. The van der Waals surface area contributed by atoms with Crippen molar-refractivity contribution in [2.75, 3.05) is 25.4 Å². The first-order valence-corrected chi connectivity index (χ1v) is 10.6. The third kappa shape index (κ3) is 5.20. The Balaban J connectivity index is 1.86. The van der Waals surface area contributed by atoms with Gasteiger partial charge in [0.15, 0.2) is 0 Å². The van der Waals surface area contributed by atoms with Crippen molar-refractivity contribution in [2.45, 2.75) is 18.6 Å². The smallest absolute Gasteiger partial charge is 0.214 e. The number of benzene rings is 1. The molecule has 1 fully saturated rings. The van der Waals surface area contributed by atoms with Crippen LogP contribution in [0.25, 0.3) is 0 Å². The van der Waals surface area contributed by atoms with Gasteiger partial charge in [0.2, 0.25) is 20.0 Å². The van der Waals surface area contributed by atoms with Crippen molar-refractivity contribution in [1.82, 2.24) is 9.03 Å². The summed E-state index contributed by atoms with van der Waals surface area (Å²) < 4.78 is 51.6. The highest BCUT2D eigenvalue weighted by Crippen LogP contribution is 2.13. The zero-order chi connectivity index (χ0) is 16.2. The molecular weight excluding hydrogens is 348 g/mol. The Morgan fingerprint density at radius 3 is 2.23 bits per heavy atom. The van der Waals surface area contributed by atoms with Gasteiger partial charge in [-0.2, -0.15) is 0 Å². The summed E-state index contributed by atoms with van der Waals surface area (Å²) in [6.07, 6.45) is 1.73. The Kier molecular flexibility index (Phi) is 5.84. The van der Waals surface area contributed by atoms with Crippen LogP contribution in [-0.4, -0.2) is 46.5 Å². The van der Waals surface area contributed by atoms with Crippen molar-refractivity contribution in [3.05, 3.63) is 34.9 Å². The molecule has 6 nitrogen and oxygen atoms in total. The molecule has 1 aromatic carbocycles. The number of hydrogen-bond donors (Lipinski definition) is 1. The van der Waals surface area contributed by atoms with Crippen LogP contribution in [0.5, 0.6) is 0 Å². The quantitative estimate of drug-likeness (QED) is 0.785. The van der Waals surface area contributed by atoms with Crippen molar-refractivity contribution in [1.29, 1.82) is 0 Å². The van der Waals surface area contributed by atoms with E-state index in [0.717, 1.165) is 12.8 Å². The summed E-state index contributed by atoms with van der Waals surface area (Å²) in [5.74, 6) is -0.416. The second kappa shape index (κ2) is 7.27. The summed E-state index contributed by atoms with van der Waals surface area (Å²) in [4.78, 5) is 0. The molecule has 1 aliphatic heterocycles. The van der Waals surface area contributed by atoms with E-state index in [1.54, 1.807) is 24.3 Å². The van der Waals surface area contributed by atoms with Gasteiger partial charge in [0.1, 0.15) is 0 Å². The van der Waals surface area contributed by atoms with E-state index in [-0.39, 0.29) is 18.1 Å². The standard InChI is InChI=1S/C13H19ClN2O4S2/c14-13-5-3-12(4-6-13)11-21(17,18)15-7-10-22(19,20)16-8-1-2-9-16/h3-6,15H,1-2,7-11H2. The maximum atomic E-state index is 12.0. The van der Waals surface area contributed by atoms with Gasteiger partial charge >= 0.3 is 0 Å². The molecule has 0 aliphatic carbocycles. The summed E-state index contributed by atoms with van der Waals surface area (Å²) in [5, 5.41) is 0.533. The molecule has 0 radical (unpaired) electrons. The Hall–Kier alpha value is -0.670. The van der Waals surface area contributed by atoms with Crippen LogP contribution < -0.4 is 4.72 Å². The van der Waals surface area contributed by atoms with E-state index in [4.69, 9.17) is 11.6 Å². The summed E-state index contributed by atoms with van der Waals surface area (Å²) in [6.45, 7) is 0.939. The van der Waals surface area contributed by atoms with Gasteiger partial charge in [0.25, 0.3) is 0 Å². The van der Waals surface area contributed by atoms with Crippen LogP contribution in [0.4, 0.5) is 0 Å². The van der Waals surface area contributed by atoms with Gasteiger partial charge in [-0.15, -0.1) is 0 Å². The van der Waals surface area contributed by atoms with E-state index in [9.17, 15) is 16.8 Å². The van der Waals surface area contributed by atoms with Crippen molar-refractivity contribution < 1.29 is 16.8 Å². The molecule has 9 heteroatoms. The summed E-state index contributed by atoms with van der Waals surface area (Å²) in [6, 6.07) is 6.49. The number of nitrogens with zero attached hydrogens (tertiary/aromatic N) is 1. The lowest BCUT2D eigenvalue weighted by Gasteiger charge is -2.15. The molecule has 0 saturated carbocycles. The van der Waals surface area contributed by atoms with Crippen LogP contribution in [0.3, 0.4) is 0 Å². The average Bonchev–Trinajstić information content (AvgIpc) is 2.95. The number of sulfonamides is 2. The highest BCUT2D eigenvalue weighted by atomic mass is 35.5. The van der Waals surface area contributed by atoms with Gasteiger partial charge in [-0.1, -0.05) is 23.7 Å². The Morgan fingerprint density at radius 2 is 1.64 bits per heavy atom. The Bertz CT molecular complexity index is 696. The summed E-state index contributed by atoms with van der Waals surface area (Å²) >= 11 is 5.74. The molecule has 1 heterocycles. The van der Waals surface area contributed by atoms with Crippen LogP contribution in [-0.2, 0) is 25.8 Å². The lowest BCUT2D eigenvalue weighted by Crippen LogP contribution is -2.36. The van der Waals surface area contributed by atoms with Crippen LogP contribution in [0.1, 0.15) is 18.4 Å². The second-order valence-corrected chi connectivity index (χ2v) is 9.53. The van der Waals surface area contributed by atoms with Crippen molar-refractivity contribution >= 4 is 31.6 Å². The largest absolute Gasteiger partial charge is 0.215 e. The first-order valence-electron chi connectivity index (χ1n) is 6.98. The predicted octanol–water partition coefficient (Wildman–Crippen LogP) is 1.19. The van der Waals surface area contributed by atoms with Gasteiger partial charge < -0.3 is 0 Å². The monoisotopic (exact) mass is 366 g/mol. The molecule has 1 saturated heterocycles. The zero-order valence-electron chi connectivity index (χ0n) is 12.0. The van der Waals surface area contributed by atoms with Crippen LogP contribution in [0.15, 0.2) is 24.3 Å². The summed E-state index contributed by atoms with van der Waals surface area (Å²) in [7, 11) is -6.94. The molecule has 0 unspecified atom stereocenters. The fourth-order valence-electron chi connectivity index (χ4n) is 2.27. The highest BCUT2D eigenvalue weighted by Gasteiger charge is 2.25. The third-order valence-corrected chi connectivity index (χ3v) is 6.89. The SMILES string of the molecule is O=S(=O)(Cc1ccc(Cl)cc1)NCCS(=O)(=O)N1CCCC1. The molecule has 22 heavy (non-hydrogen) atoms. The van der Waals surface area contributed by atoms with Gasteiger partial charge in [-0.05, 0) is 30.5 Å². The minimum Gasteiger partial charge on any atom is -0.214 e. The molecule has 0 atom stereocenters. The topological polar surface area (TPSA) is 83.5 Å².